The Kier molecular flexibility index (Phi) is 10.2. The summed E-state index contributed by atoms with van der Waals surface area (Å²) in [4.78, 5) is 44.4. The number of aromatic nitrogens is 2. The Morgan fingerprint density at radius 2 is 1.71 bits per heavy atom. The van der Waals surface area contributed by atoms with Gasteiger partial charge in [-0.1, -0.05) is 25.1 Å². The number of halogens is 8. The number of nitrogens with one attached hydrogen (secondary N) is 1. The van der Waals surface area contributed by atoms with Crippen LogP contribution in [-0.2, 0) is 29.2 Å². The molecule has 2 aromatic heterocycles. The van der Waals surface area contributed by atoms with Gasteiger partial charge in [-0.25, -0.2) is 13.6 Å². The molecule has 1 amide bonds. The first-order valence-electron chi connectivity index (χ1n) is 15.8. The average Bonchev–Trinajstić information content (AvgIpc) is 3.89. The summed E-state index contributed by atoms with van der Waals surface area (Å²) in [5, 5.41) is 2.41. The number of amides is 1. The Bertz CT molecular complexity index is 2030. The fourth-order valence-electron chi connectivity index (χ4n) is 6.21. The van der Waals surface area contributed by atoms with Crippen LogP contribution in [0.25, 0.3) is 22.0 Å². The zero-order valence-corrected chi connectivity index (χ0v) is 27.7. The van der Waals surface area contributed by atoms with E-state index >= 15 is 8.78 Å². The predicted molar refractivity (Wildman–Crippen MR) is 171 cm³/mol. The number of carbonyl (C=O) groups is 2. The van der Waals surface area contributed by atoms with Gasteiger partial charge in [-0.05, 0) is 56.0 Å². The lowest BCUT2D eigenvalue weighted by molar-refractivity contribution is -0.149. The molecule has 0 unspecified atom stereocenters. The second-order valence-electron chi connectivity index (χ2n) is 12.2. The number of anilines is 1. The van der Waals surface area contributed by atoms with Crippen LogP contribution in [0.1, 0.15) is 53.4 Å². The standard InChI is InChI=1S/C35H32F8N4O4/c1-5-27(35(41,42)43)47(19-9-10-19)20-15-24(36)29(25(37)16-20)31(48)45-26(33(50)51-4)14-18-8-11-22(30-21(18)7-6-12-44-30)28-23(34(38,39)40)13-17(2)46(3)32(28)49/h6-8,11-13,15-16,19,26-27H,5,9-10,14H2,1-4H3,(H,45,48)/t26-,27+/m0/s1. The number of nitrogens with zero attached hydrogens (tertiary/aromatic N) is 3. The zero-order chi connectivity index (χ0) is 37.6. The van der Waals surface area contributed by atoms with Crippen LogP contribution in [-0.4, -0.2) is 52.8 Å². The molecule has 1 aliphatic carbocycles. The first-order valence-corrected chi connectivity index (χ1v) is 15.8. The summed E-state index contributed by atoms with van der Waals surface area (Å²) in [5.74, 6) is -5.39. The molecule has 0 spiro atoms. The third kappa shape index (κ3) is 7.40. The van der Waals surface area contributed by atoms with Crippen molar-refractivity contribution in [1.29, 1.82) is 0 Å². The third-order valence-corrected chi connectivity index (χ3v) is 8.91. The number of alkyl halides is 6. The molecule has 1 N–H and O–H groups in total. The van der Waals surface area contributed by atoms with Gasteiger partial charge in [0.15, 0.2) is 0 Å². The fraction of sp³-hybridized carbons (Fsp3) is 0.371. The van der Waals surface area contributed by atoms with E-state index in [2.05, 4.69) is 10.3 Å². The zero-order valence-electron chi connectivity index (χ0n) is 27.7. The van der Waals surface area contributed by atoms with Crippen LogP contribution in [0.15, 0.2) is 53.5 Å². The first kappa shape index (κ1) is 37.2. The number of ether oxygens (including phenoxy) is 1. The topological polar surface area (TPSA) is 93.5 Å². The number of hydrogen-bond donors (Lipinski definition) is 1. The lowest BCUT2D eigenvalue weighted by atomic mass is 9.93. The highest BCUT2D eigenvalue weighted by atomic mass is 19.4. The van der Waals surface area contributed by atoms with Gasteiger partial charge in [-0.3, -0.25) is 14.6 Å². The lowest BCUT2D eigenvalue weighted by Gasteiger charge is -2.35. The molecule has 4 aromatic rings. The van der Waals surface area contributed by atoms with Crippen molar-refractivity contribution in [2.75, 3.05) is 12.0 Å². The predicted octanol–water partition coefficient (Wildman–Crippen LogP) is 7.03. The normalized spacial score (nSPS) is 14.7. The molecule has 1 fully saturated rings. The van der Waals surface area contributed by atoms with Gasteiger partial charge in [0.1, 0.15) is 29.3 Å². The maximum absolute atomic E-state index is 15.4. The van der Waals surface area contributed by atoms with Crippen molar-refractivity contribution in [3.63, 3.8) is 0 Å². The fourth-order valence-corrected chi connectivity index (χ4v) is 6.21. The van der Waals surface area contributed by atoms with Gasteiger partial charge >= 0.3 is 18.3 Å². The van der Waals surface area contributed by atoms with Gasteiger partial charge in [-0.15, -0.1) is 0 Å². The summed E-state index contributed by atoms with van der Waals surface area (Å²) >= 11 is 0. The number of fused-ring (bicyclic) bond motifs is 1. The lowest BCUT2D eigenvalue weighted by Crippen LogP contribution is -2.47. The van der Waals surface area contributed by atoms with Crippen LogP contribution in [0.3, 0.4) is 0 Å². The summed E-state index contributed by atoms with van der Waals surface area (Å²) in [7, 11) is 2.31. The summed E-state index contributed by atoms with van der Waals surface area (Å²) in [5.41, 5.74) is -4.19. The molecule has 51 heavy (non-hydrogen) atoms. The molecule has 16 heteroatoms. The van der Waals surface area contributed by atoms with E-state index < -0.39 is 88.3 Å². The van der Waals surface area contributed by atoms with Crippen LogP contribution in [0.4, 0.5) is 40.8 Å². The van der Waals surface area contributed by atoms with Crippen LogP contribution in [0.2, 0.25) is 0 Å². The molecule has 0 aliphatic heterocycles. The maximum Gasteiger partial charge on any atom is 0.417 e. The van der Waals surface area contributed by atoms with Crippen molar-refractivity contribution in [3.05, 3.63) is 93.0 Å². The van der Waals surface area contributed by atoms with E-state index in [-0.39, 0.29) is 34.1 Å². The first-order chi connectivity index (χ1) is 23.9. The number of benzene rings is 2. The van der Waals surface area contributed by atoms with Crippen LogP contribution >= 0.6 is 0 Å². The Labute approximate surface area is 286 Å². The number of methoxy groups -OCH3 is 1. The van der Waals surface area contributed by atoms with Gasteiger partial charge < -0.3 is 19.5 Å². The molecule has 2 aromatic carbocycles. The number of pyridine rings is 2. The van der Waals surface area contributed by atoms with Gasteiger partial charge in [0, 0.05) is 48.0 Å². The average molecular weight is 725 g/mol. The molecule has 1 aliphatic rings. The summed E-state index contributed by atoms with van der Waals surface area (Å²) in [6.45, 7) is 2.65. The van der Waals surface area contributed by atoms with Gasteiger partial charge in [0.2, 0.25) is 0 Å². The molecule has 2 heterocycles. The molecule has 1 saturated carbocycles. The van der Waals surface area contributed by atoms with Gasteiger partial charge in [0.05, 0.1) is 23.8 Å². The molecule has 0 saturated heterocycles. The highest BCUT2D eigenvalue weighted by Gasteiger charge is 2.47. The number of esters is 1. The third-order valence-electron chi connectivity index (χ3n) is 8.91. The largest absolute Gasteiger partial charge is 0.467 e. The Morgan fingerprint density at radius 3 is 2.25 bits per heavy atom. The molecular weight excluding hydrogens is 692 g/mol. The van der Waals surface area contributed by atoms with E-state index in [0.717, 1.165) is 22.6 Å². The Balaban J connectivity index is 1.51. The van der Waals surface area contributed by atoms with Gasteiger partial charge in [0.25, 0.3) is 11.5 Å². The number of carbonyl (C=O) groups excluding carboxylic acids is 2. The van der Waals surface area contributed by atoms with E-state index in [0.29, 0.717) is 25.0 Å². The highest BCUT2D eigenvalue weighted by molar-refractivity contribution is 5.99. The minimum atomic E-state index is -4.90. The molecule has 0 radical (unpaired) electrons. The molecule has 5 rings (SSSR count). The van der Waals surface area contributed by atoms with Crippen LogP contribution in [0, 0.1) is 18.6 Å². The number of aryl methyl sites for hydroxylation is 1. The van der Waals surface area contributed by atoms with Crippen molar-refractivity contribution in [1.82, 2.24) is 14.9 Å². The van der Waals surface area contributed by atoms with E-state index in [9.17, 15) is 40.7 Å². The minimum Gasteiger partial charge on any atom is -0.467 e. The SMILES string of the molecule is CC[C@@H](N(c1cc(F)c(C(=O)N[C@@H](Cc2ccc(-c3c(C(F)(F)F)cc(C)n(C)c3=O)c3ncccc23)C(=O)OC)c(F)c1)C1CC1)C(F)(F)F. The van der Waals surface area contributed by atoms with Crippen LogP contribution < -0.4 is 15.8 Å². The number of rotatable bonds is 10. The van der Waals surface area contributed by atoms with Crippen LogP contribution in [0.5, 0.6) is 0 Å². The Morgan fingerprint density at radius 1 is 1.06 bits per heavy atom. The molecule has 8 nitrogen and oxygen atoms in total. The summed E-state index contributed by atoms with van der Waals surface area (Å²) in [6, 6.07) is 3.38. The van der Waals surface area contributed by atoms with Crippen molar-refractivity contribution in [2.45, 2.75) is 70.0 Å². The quantitative estimate of drug-likeness (QED) is 0.140. The summed E-state index contributed by atoms with van der Waals surface area (Å²) in [6.07, 6.45) is -8.32. The van der Waals surface area contributed by atoms with Crippen molar-refractivity contribution in [3.8, 4) is 11.1 Å². The van der Waals surface area contributed by atoms with E-state index in [1.165, 1.54) is 51.4 Å². The molecule has 0 bridgehead atoms. The molecule has 2 atom stereocenters. The number of hydrogen-bond acceptors (Lipinski definition) is 6. The Hall–Kier alpha value is -5.02. The van der Waals surface area contributed by atoms with Crippen molar-refractivity contribution in [2.24, 2.45) is 7.05 Å². The monoisotopic (exact) mass is 724 g/mol. The molecular formula is C35H32F8N4O4. The molecule has 272 valence electrons. The van der Waals surface area contributed by atoms with Crippen molar-refractivity contribution < 1.29 is 49.4 Å². The second kappa shape index (κ2) is 13.9. The van der Waals surface area contributed by atoms with Crippen molar-refractivity contribution >= 4 is 28.5 Å². The minimum absolute atomic E-state index is 0.0338. The van der Waals surface area contributed by atoms with E-state index in [1.54, 1.807) is 0 Å². The van der Waals surface area contributed by atoms with E-state index in [4.69, 9.17) is 4.74 Å². The summed E-state index contributed by atoms with van der Waals surface area (Å²) < 4.78 is 121. The smallest absolute Gasteiger partial charge is 0.417 e. The second-order valence-corrected chi connectivity index (χ2v) is 12.2. The maximum atomic E-state index is 15.4. The van der Waals surface area contributed by atoms with Gasteiger partial charge in [-0.2, -0.15) is 26.3 Å². The van der Waals surface area contributed by atoms with E-state index in [1.807, 2.05) is 0 Å². The highest BCUT2D eigenvalue weighted by Crippen LogP contribution is 2.41.